The van der Waals surface area contributed by atoms with Crippen LogP contribution in [0.3, 0.4) is 0 Å². The van der Waals surface area contributed by atoms with Crippen molar-refractivity contribution in [3.05, 3.63) is 29.8 Å². The molecule has 1 aromatic carbocycles. The van der Waals surface area contributed by atoms with Crippen molar-refractivity contribution in [2.75, 3.05) is 0 Å². The third kappa shape index (κ3) is 2.78. The number of nitrogens with zero attached hydrogens (tertiary/aromatic N) is 1. The van der Waals surface area contributed by atoms with Crippen molar-refractivity contribution in [2.24, 2.45) is 22.4 Å². The minimum atomic E-state index is -3.56. The van der Waals surface area contributed by atoms with E-state index in [4.69, 9.17) is 0 Å². The molecule has 0 heterocycles. The van der Waals surface area contributed by atoms with Gasteiger partial charge in [0.05, 0.1) is 4.90 Å². The van der Waals surface area contributed by atoms with Crippen molar-refractivity contribution >= 4 is 15.7 Å². The van der Waals surface area contributed by atoms with Gasteiger partial charge in [0.2, 0.25) is 0 Å². The highest BCUT2D eigenvalue weighted by Crippen LogP contribution is 2.55. The topological polar surface area (TPSA) is 58.5 Å². The number of nitrogens with one attached hydrogen (secondary N) is 1. The van der Waals surface area contributed by atoms with Crippen LogP contribution in [-0.2, 0) is 10.0 Å². The number of hydrazone groups is 1. The van der Waals surface area contributed by atoms with Gasteiger partial charge in [0.1, 0.15) is 0 Å². The van der Waals surface area contributed by atoms with Crippen molar-refractivity contribution in [3.8, 4) is 0 Å². The van der Waals surface area contributed by atoms with Gasteiger partial charge in [-0.15, -0.1) is 0 Å². The zero-order valence-electron chi connectivity index (χ0n) is 13.5. The second-order valence-corrected chi connectivity index (χ2v) is 8.97. The molecule has 0 spiro atoms. The van der Waals surface area contributed by atoms with E-state index in [-0.39, 0.29) is 4.90 Å². The van der Waals surface area contributed by atoms with Crippen LogP contribution in [0.4, 0.5) is 0 Å². The average molecular weight is 320 g/mol. The number of hydrogen-bond acceptors (Lipinski definition) is 3. The second kappa shape index (κ2) is 5.37. The Balaban J connectivity index is 1.75. The molecule has 5 heteroatoms. The number of rotatable bonds is 3. The monoisotopic (exact) mass is 320 g/mol. The molecular formula is C17H24N2O2S. The smallest absolute Gasteiger partial charge is 0.200 e. The van der Waals surface area contributed by atoms with Gasteiger partial charge in [-0.25, -0.2) is 4.83 Å². The van der Waals surface area contributed by atoms with Crippen molar-refractivity contribution in [1.29, 1.82) is 0 Å². The van der Waals surface area contributed by atoms with Gasteiger partial charge in [0.15, 0.2) is 0 Å². The molecule has 0 aliphatic heterocycles. The third-order valence-electron chi connectivity index (χ3n) is 5.25. The fraction of sp³-hybridized carbons (Fsp3) is 0.588. The van der Waals surface area contributed by atoms with E-state index < -0.39 is 10.0 Å². The largest absolute Gasteiger partial charge is 0.276 e. The molecule has 0 radical (unpaired) electrons. The maximum absolute atomic E-state index is 12.3. The van der Waals surface area contributed by atoms with Crippen LogP contribution in [0.15, 0.2) is 34.3 Å². The first-order valence-electron chi connectivity index (χ1n) is 7.94. The number of benzene rings is 1. The molecule has 22 heavy (non-hydrogen) atoms. The van der Waals surface area contributed by atoms with E-state index in [0.717, 1.165) is 30.5 Å². The Kier molecular flexibility index (Phi) is 3.79. The maximum Gasteiger partial charge on any atom is 0.276 e. The number of fused-ring (bicyclic) bond motifs is 1. The third-order valence-corrected chi connectivity index (χ3v) is 6.48. The Hall–Kier alpha value is -1.36. The lowest BCUT2D eigenvalue weighted by molar-refractivity contribution is 0.0117. The summed E-state index contributed by atoms with van der Waals surface area (Å²) >= 11 is 0. The average Bonchev–Trinajstić information content (AvgIpc) is 2.45. The highest BCUT2D eigenvalue weighted by molar-refractivity contribution is 7.89. The van der Waals surface area contributed by atoms with E-state index in [2.05, 4.69) is 23.8 Å². The van der Waals surface area contributed by atoms with Gasteiger partial charge in [0, 0.05) is 11.6 Å². The van der Waals surface area contributed by atoms with Crippen LogP contribution < -0.4 is 4.83 Å². The Morgan fingerprint density at radius 1 is 1.23 bits per heavy atom. The highest BCUT2D eigenvalue weighted by Gasteiger charge is 2.50. The Morgan fingerprint density at radius 3 is 2.55 bits per heavy atom. The lowest BCUT2D eigenvalue weighted by atomic mass is 9.50. The normalized spacial score (nSPS) is 28.8. The Morgan fingerprint density at radius 2 is 1.91 bits per heavy atom. The summed E-state index contributed by atoms with van der Waals surface area (Å²) in [6, 6.07) is 6.83. The molecule has 0 saturated heterocycles. The van der Waals surface area contributed by atoms with Crippen LogP contribution in [0, 0.1) is 24.2 Å². The number of hydrogen-bond donors (Lipinski definition) is 1. The van der Waals surface area contributed by atoms with Gasteiger partial charge in [-0.2, -0.15) is 13.5 Å². The van der Waals surface area contributed by atoms with Crippen molar-refractivity contribution in [2.45, 2.75) is 51.3 Å². The Labute approximate surface area is 133 Å². The number of sulfonamides is 1. The van der Waals surface area contributed by atoms with Crippen LogP contribution >= 0.6 is 0 Å². The molecule has 0 aromatic heterocycles. The van der Waals surface area contributed by atoms with Crippen LogP contribution in [0.5, 0.6) is 0 Å². The summed E-state index contributed by atoms with van der Waals surface area (Å²) < 4.78 is 24.6. The van der Waals surface area contributed by atoms with Crippen LogP contribution in [-0.4, -0.2) is 14.1 Å². The molecule has 2 saturated carbocycles. The van der Waals surface area contributed by atoms with Crippen molar-refractivity contribution in [1.82, 2.24) is 4.83 Å². The van der Waals surface area contributed by atoms with Crippen molar-refractivity contribution in [3.63, 3.8) is 0 Å². The predicted molar refractivity (Wildman–Crippen MR) is 88.2 cm³/mol. The zero-order chi connectivity index (χ0) is 16.0. The molecular weight excluding hydrogens is 296 g/mol. The van der Waals surface area contributed by atoms with Gasteiger partial charge in [-0.3, -0.25) is 0 Å². The summed E-state index contributed by atoms with van der Waals surface area (Å²) in [5, 5.41) is 4.28. The quantitative estimate of drug-likeness (QED) is 0.867. The van der Waals surface area contributed by atoms with Gasteiger partial charge in [0.25, 0.3) is 10.0 Å². The summed E-state index contributed by atoms with van der Waals surface area (Å²) in [6.45, 7) is 6.53. The molecule has 0 amide bonds. The van der Waals surface area contributed by atoms with E-state index >= 15 is 0 Å². The number of aryl methyl sites for hydroxylation is 1. The minimum absolute atomic E-state index is 0.267. The molecule has 0 bridgehead atoms. The molecule has 1 aromatic rings. The SMILES string of the molecule is Cc1ccc(S(=O)(=O)N/N=C2/CCC[C@H]3[C@@H]2CC3(C)C)cc1. The summed E-state index contributed by atoms with van der Waals surface area (Å²) in [5.41, 5.74) is 2.45. The predicted octanol–water partition coefficient (Wildman–Crippen LogP) is 3.48. The van der Waals surface area contributed by atoms with E-state index in [9.17, 15) is 8.42 Å². The van der Waals surface area contributed by atoms with Crippen LogP contribution in [0.2, 0.25) is 0 Å². The molecule has 120 valence electrons. The fourth-order valence-corrected chi connectivity index (χ4v) is 4.74. The maximum atomic E-state index is 12.3. The van der Waals surface area contributed by atoms with Crippen LogP contribution in [0.25, 0.3) is 0 Å². The van der Waals surface area contributed by atoms with E-state index in [1.54, 1.807) is 24.3 Å². The molecule has 2 atom stereocenters. The molecule has 2 fully saturated rings. The lowest BCUT2D eigenvalue weighted by Gasteiger charge is -2.54. The van der Waals surface area contributed by atoms with Crippen LogP contribution in [0.1, 0.15) is 45.1 Å². The first kappa shape index (κ1) is 15.5. The van der Waals surface area contributed by atoms with E-state index in [0.29, 0.717) is 17.3 Å². The summed E-state index contributed by atoms with van der Waals surface area (Å²) in [6.07, 6.45) is 4.37. The first-order valence-corrected chi connectivity index (χ1v) is 9.43. The Bertz CT molecular complexity index is 690. The van der Waals surface area contributed by atoms with E-state index in [1.165, 1.54) is 6.42 Å². The summed E-state index contributed by atoms with van der Waals surface area (Å²) in [7, 11) is -3.56. The zero-order valence-corrected chi connectivity index (χ0v) is 14.3. The molecule has 3 rings (SSSR count). The van der Waals surface area contributed by atoms with Gasteiger partial charge in [-0.1, -0.05) is 31.5 Å². The van der Waals surface area contributed by atoms with Gasteiger partial charge in [-0.05, 0) is 56.1 Å². The minimum Gasteiger partial charge on any atom is -0.200 e. The lowest BCUT2D eigenvalue weighted by Crippen LogP contribution is -2.50. The first-order chi connectivity index (χ1) is 10.3. The molecule has 2 aliphatic rings. The molecule has 0 unspecified atom stereocenters. The van der Waals surface area contributed by atoms with Gasteiger partial charge < -0.3 is 0 Å². The second-order valence-electron chi connectivity index (χ2n) is 7.31. The summed E-state index contributed by atoms with van der Waals surface area (Å²) in [4.78, 5) is 2.70. The van der Waals surface area contributed by atoms with E-state index in [1.807, 2.05) is 6.92 Å². The summed E-state index contributed by atoms with van der Waals surface area (Å²) in [5.74, 6) is 1.12. The fourth-order valence-electron chi connectivity index (χ4n) is 3.90. The van der Waals surface area contributed by atoms with Crippen molar-refractivity contribution < 1.29 is 8.42 Å². The highest BCUT2D eigenvalue weighted by atomic mass is 32.2. The standard InChI is InChI=1S/C17H24N2O2S/c1-12-7-9-13(10-8-12)22(20,21)19-18-16-6-4-5-15-14(16)11-17(15,2)3/h7-10,14-15,19H,4-6,11H2,1-3H3/b18-16-/t14-,15-/m0/s1. The molecule has 1 N–H and O–H groups in total. The molecule has 4 nitrogen and oxygen atoms in total. The van der Waals surface area contributed by atoms with Gasteiger partial charge >= 0.3 is 0 Å². The molecule has 2 aliphatic carbocycles.